The second-order valence-electron chi connectivity index (χ2n) is 4.94. The zero-order valence-electron chi connectivity index (χ0n) is 10.4. The number of fused-ring (bicyclic) bond motifs is 1. The molecule has 0 aliphatic carbocycles. The number of furan rings is 1. The lowest BCUT2D eigenvalue weighted by Gasteiger charge is -2.29. The van der Waals surface area contributed by atoms with Gasteiger partial charge in [0.05, 0.1) is 12.8 Å². The van der Waals surface area contributed by atoms with E-state index >= 15 is 0 Å². The minimum Gasteiger partial charge on any atom is -0.468 e. The maximum atomic E-state index is 5.79. The smallest absolute Gasteiger partial charge is 0.114 e. The Morgan fingerprint density at radius 3 is 2.83 bits per heavy atom. The van der Waals surface area contributed by atoms with Crippen LogP contribution in [0.25, 0.3) is 10.8 Å². The van der Waals surface area contributed by atoms with Crippen LogP contribution >= 0.6 is 0 Å². The van der Waals surface area contributed by atoms with Crippen LogP contribution in [0.2, 0.25) is 0 Å². The van der Waals surface area contributed by atoms with E-state index in [0.717, 1.165) is 38.2 Å². The Morgan fingerprint density at radius 2 is 2.06 bits per heavy atom. The van der Waals surface area contributed by atoms with Crippen molar-refractivity contribution in [2.45, 2.75) is 18.8 Å². The summed E-state index contributed by atoms with van der Waals surface area (Å²) in [6, 6.07) is 8.39. The molecule has 0 spiro atoms. The van der Waals surface area contributed by atoms with Crippen LogP contribution in [-0.2, 0) is 0 Å². The van der Waals surface area contributed by atoms with Gasteiger partial charge in [0.1, 0.15) is 5.76 Å². The van der Waals surface area contributed by atoms with E-state index in [9.17, 15) is 0 Å². The van der Waals surface area contributed by atoms with Crippen molar-refractivity contribution >= 4 is 10.8 Å². The molecule has 2 aromatic rings. The maximum absolute atomic E-state index is 5.79. The maximum Gasteiger partial charge on any atom is 0.114 e. The van der Waals surface area contributed by atoms with E-state index in [1.807, 2.05) is 6.26 Å². The van der Waals surface area contributed by atoms with Gasteiger partial charge in [-0.15, -0.1) is 6.42 Å². The Balaban J connectivity index is 1.79. The molecule has 0 amide bonds. The molecule has 1 saturated heterocycles. The second kappa shape index (κ2) is 4.88. The van der Waals surface area contributed by atoms with E-state index in [-0.39, 0.29) is 0 Å². The van der Waals surface area contributed by atoms with Crippen molar-refractivity contribution in [1.82, 2.24) is 4.90 Å². The van der Waals surface area contributed by atoms with Crippen molar-refractivity contribution in [3.63, 3.8) is 0 Å². The summed E-state index contributed by atoms with van der Waals surface area (Å²) in [5.41, 5.74) is 0. The van der Waals surface area contributed by atoms with Crippen molar-refractivity contribution in [3.8, 4) is 12.3 Å². The highest BCUT2D eigenvalue weighted by atomic mass is 16.3. The van der Waals surface area contributed by atoms with Crippen molar-refractivity contribution < 1.29 is 4.42 Å². The Hall–Kier alpha value is -1.72. The summed E-state index contributed by atoms with van der Waals surface area (Å²) >= 11 is 0. The monoisotopic (exact) mass is 239 g/mol. The van der Waals surface area contributed by atoms with Gasteiger partial charge in [-0.2, -0.15) is 0 Å². The van der Waals surface area contributed by atoms with Gasteiger partial charge < -0.3 is 4.42 Å². The number of hydrogen-bond donors (Lipinski definition) is 0. The second-order valence-corrected chi connectivity index (χ2v) is 4.94. The highest BCUT2D eigenvalue weighted by Crippen LogP contribution is 2.34. The number of likely N-dealkylation sites (tertiary alicyclic amines) is 1. The first kappa shape index (κ1) is 11.4. The molecule has 0 N–H and O–H groups in total. The molecule has 1 fully saturated rings. The zero-order valence-corrected chi connectivity index (χ0v) is 10.4. The predicted molar refractivity (Wildman–Crippen MR) is 73.5 cm³/mol. The molecule has 0 radical (unpaired) electrons. The summed E-state index contributed by atoms with van der Waals surface area (Å²) in [6.07, 6.45) is 9.50. The van der Waals surface area contributed by atoms with Crippen molar-refractivity contribution in [3.05, 3.63) is 36.3 Å². The number of nitrogens with zero attached hydrogens (tertiary/aromatic N) is 1. The molecular weight excluding hydrogens is 222 g/mol. The fourth-order valence-electron chi connectivity index (χ4n) is 2.81. The normalized spacial score (nSPS) is 17.9. The van der Waals surface area contributed by atoms with E-state index in [0.29, 0.717) is 5.92 Å². The Labute approximate surface area is 108 Å². The number of rotatable bonds is 2. The third kappa shape index (κ3) is 2.02. The number of terminal acetylenes is 1. The molecule has 2 heterocycles. The third-order valence-electron chi connectivity index (χ3n) is 3.81. The average Bonchev–Trinajstić information content (AvgIpc) is 2.84. The Morgan fingerprint density at radius 1 is 1.28 bits per heavy atom. The summed E-state index contributed by atoms with van der Waals surface area (Å²) in [4.78, 5) is 2.33. The van der Waals surface area contributed by atoms with Gasteiger partial charge in [-0.25, -0.2) is 0 Å². The highest BCUT2D eigenvalue weighted by Gasteiger charge is 2.23. The van der Waals surface area contributed by atoms with Gasteiger partial charge in [-0.3, -0.25) is 4.90 Å². The van der Waals surface area contributed by atoms with Gasteiger partial charge in [-0.1, -0.05) is 30.2 Å². The first-order chi connectivity index (χ1) is 8.88. The molecule has 18 heavy (non-hydrogen) atoms. The van der Waals surface area contributed by atoms with E-state index in [1.165, 1.54) is 10.8 Å². The lowest BCUT2D eigenvalue weighted by molar-refractivity contribution is 0.224. The first-order valence-corrected chi connectivity index (χ1v) is 6.50. The predicted octanol–water partition coefficient (Wildman–Crippen LogP) is 3.25. The number of benzene rings is 1. The molecule has 0 bridgehead atoms. The molecule has 92 valence electrons. The highest BCUT2D eigenvalue weighted by molar-refractivity contribution is 5.84. The molecule has 1 aromatic carbocycles. The van der Waals surface area contributed by atoms with Crippen molar-refractivity contribution in [2.24, 2.45) is 0 Å². The molecule has 2 nitrogen and oxygen atoms in total. The van der Waals surface area contributed by atoms with E-state index in [4.69, 9.17) is 10.8 Å². The van der Waals surface area contributed by atoms with Crippen LogP contribution in [0.5, 0.6) is 0 Å². The summed E-state index contributed by atoms with van der Waals surface area (Å²) in [5.74, 6) is 4.42. The lowest BCUT2D eigenvalue weighted by Crippen LogP contribution is -2.33. The lowest BCUT2D eigenvalue weighted by atomic mass is 9.92. The van der Waals surface area contributed by atoms with Crippen molar-refractivity contribution in [2.75, 3.05) is 19.6 Å². The minimum atomic E-state index is 0.541. The van der Waals surface area contributed by atoms with E-state index < -0.39 is 0 Å². The van der Waals surface area contributed by atoms with Crippen LogP contribution in [0.3, 0.4) is 0 Å². The van der Waals surface area contributed by atoms with Crippen LogP contribution < -0.4 is 0 Å². The topological polar surface area (TPSA) is 16.4 Å². The summed E-state index contributed by atoms with van der Waals surface area (Å²) in [5, 5.41) is 2.48. The standard InChI is InChI=1S/C16H17NO/c1-2-9-17-10-7-13(8-11-17)16-15-6-4-3-5-14(15)12-18-16/h1,3-6,12-13H,7-11H2. The van der Waals surface area contributed by atoms with E-state index in [1.54, 1.807) is 0 Å². The SMILES string of the molecule is C#CCN1CCC(c2occ3ccccc23)CC1. The number of hydrogen-bond acceptors (Lipinski definition) is 2. The molecule has 3 rings (SSSR count). The van der Waals surface area contributed by atoms with Gasteiger partial charge in [0.15, 0.2) is 0 Å². The van der Waals surface area contributed by atoms with Gasteiger partial charge >= 0.3 is 0 Å². The third-order valence-corrected chi connectivity index (χ3v) is 3.81. The molecule has 0 unspecified atom stereocenters. The molecule has 1 aromatic heterocycles. The Bertz CT molecular complexity index is 570. The minimum absolute atomic E-state index is 0.541. The summed E-state index contributed by atoms with van der Waals surface area (Å²) in [6.45, 7) is 2.92. The molecular formula is C16H17NO. The zero-order chi connectivity index (χ0) is 12.4. The first-order valence-electron chi connectivity index (χ1n) is 6.50. The largest absolute Gasteiger partial charge is 0.468 e. The van der Waals surface area contributed by atoms with Gasteiger partial charge in [0.2, 0.25) is 0 Å². The fourth-order valence-corrected chi connectivity index (χ4v) is 2.81. The quantitative estimate of drug-likeness (QED) is 0.748. The van der Waals surface area contributed by atoms with Crippen LogP contribution in [0.4, 0.5) is 0 Å². The Kier molecular flexibility index (Phi) is 3.08. The molecule has 2 heteroatoms. The summed E-state index contributed by atoms with van der Waals surface area (Å²) in [7, 11) is 0. The van der Waals surface area contributed by atoms with Crippen LogP contribution in [-0.4, -0.2) is 24.5 Å². The molecule has 0 saturated carbocycles. The van der Waals surface area contributed by atoms with Gasteiger partial charge in [0, 0.05) is 16.7 Å². The van der Waals surface area contributed by atoms with Crippen molar-refractivity contribution in [1.29, 1.82) is 0 Å². The molecule has 1 aliphatic heterocycles. The summed E-state index contributed by atoms with van der Waals surface area (Å²) < 4.78 is 5.79. The van der Waals surface area contributed by atoms with E-state index in [2.05, 4.69) is 35.1 Å². The van der Waals surface area contributed by atoms with Crippen LogP contribution in [0.15, 0.2) is 34.9 Å². The number of piperidine rings is 1. The van der Waals surface area contributed by atoms with Crippen LogP contribution in [0.1, 0.15) is 24.5 Å². The van der Waals surface area contributed by atoms with Gasteiger partial charge in [0.25, 0.3) is 0 Å². The average molecular weight is 239 g/mol. The fraction of sp³-hybridized carbons (Fsp3) is 0.375. The van der Waals surface area contributed by atoms with Crippen LogP contribution in [0, 0.1) is 12.3 Å². The molecule has 1 aliphatic rings. The van der Waals surface area contributed by atoms with Gasteiger partial charge in [-0.05, 0) is 25.9 Å². The molecule has 0 atom stereocenters.